The van der Waals surface area contributed by atoms with Gasteiger partial charge in [-0.05, 0) is 79.2 Å². The molecule has 3 heterocycles. The van der Waals surface area contributed by atoms with Gasteiger partial charge in [0.05, 0.1) is 46.5 Å². The number of Topliss-reactive ketones (excluding diaryl/α,β-unsaturated/α-hetero) is 1. The number of hydrogen-bond donors (Lipinski definition) is 2. The first-order chi connectivity index (χ1) is 29.9. The zero-order valence-corrected chi connectivity index (χ0v) is 39.7. The van der Waals surface area contributed by atoms with Crippen LogP contribution in [-0.2, 0) is 25.5 Å². The Morgan fingerprint density at radius 1 is 0.750 bits per heavy atom. The number of imidazole rings is 1. The fourth-order valence-electron chi connectivity index (χ4n) is 8.54. The fraction of sp³-hybridized carbons (Fsp3) is 0.560. The average molecular weight is 875 g/mol. The monoisotopic (exact) mass is 875 g/mol. The molecule has 2 N–H and O–H groups in total. The van der Waals surface area contributed by atoms with Crippen molar-refractivity contribution < 1.29 is 28.7 Å². The summed E-state index contributed by atoms with van der Waals surface area (Å²) < 4.78 is 11.7. The van der Waals surface area contributed by atoms with Gasteiger partial charge in [-0.2, -0.15) is 0 Å². The Morgan fingerprint density at radius 2 is 1.30 bits per heavy atom. The highest BCUT2D eigenvalue weighted by molar-refractivity contribution is 6.02. The summed E-state index contributed by atoms with van der Waals surface area (Å²) in [7, 11) is 6.48. The summed E-state index contributed by atoms with van der Waals surface area (Å²) in [6.45, 7) is 16.0. The molecule has 4 atom stereocenters. The van der Waals surface area contributed by atoms with Gasteiger partial charge in [0.15, 0.2) is 17.0 Å². The number of carbonyl (C=O) groups is 4. The zero-order valence-electron chi connectivity index (χ0n) is 39.7. The predicted molar refractivity (Wildman–Crippen MR) is 248 cm³/mol. The molecular formula is C50H66N8O6. The van der Waals surface area contributed by atoms with Crippen molar-refractivity contribution in [3.05, 3.63) is 60.2 Å². The van der Waals surface area contributed by atoms with E-state index in [0.717, 1.165) is 64.8 Å². The topological polar surface area (TPSA) is 172 Å². The van der Waals surface area contributed by atoms with E-state index >= 15 is 0 Å². The zero-order chi connectivity index (χ0) is 46.5. The Labute approximate surface area is 377 Å². The number of H-pyrrole nitrogens is 1. The molecule has 0 radical (unpaired) electrons. The first-order valence-electron chi connectivity index (χ1n) is 22.6. The number of carbonyl (C=O) groups excluding carboxylic acids is 4. The van der Waals surface area contributed by atoms with E-state index in [1.165, 1.54) is 9.80 Å². The van der Waals surface area contributed by atoms with E-state index in [2.05, 4.69) is 57.9 Å². The Morgan fingerprint density at radius 3 is 1.83 bits per heavy atom. The molecule has 0 spiro atoms. The molecule has 14 nitrogen and oxygen atoms in total. The second-order valence-corrected chi connectivity index (χ2v) is 21.4. The number of aliphatic imine (C=N–C) groups is 1. The summed E-state index contributed by atoms with van der Waals surface area (Å²) in [5.41, 5.74) is 4.28. The van der Waals surface area contributed by atoms with E-state index < -0.39 is 29.4 Å². The molecule has 2 saturated carbocycles. The number of ether oxygens (including phenoxy) is 2. The highest BCUT2D eigenvalue weighted by Crippen LogP contribution is 2.44. The lowest BCUT2D eigenvalue weighted by Crippen LogP contribution is -2.57. The lowest BCUT2D eigenvalue weighted by Gasteiger charge is -2.36. The molecule has 2 fully saturated rings. The van der Waals surface area contributed by atoms with Gasteiger partial charge in [-0.15, -0.1) is 0 Å². The largest absolute Gasteiger partial charge is 0.435 e. The number of nitrogens with zero attached hydrogens (tertiary/aromatic N) is 6. The molecule has 7 rings (SSSR count). The van der Waals surface area contributed by atoms with Crippen LogP contribution in [0.25, 0.3) is 33.5 Å². The molecule has 0 bridgehead atoms. The van der Waals surface area contributed by atoms with E-state index in [1.807, 2.05) is 30.3 Å². The Balaban J connectivity index is 1.05. The molecule has 2 aromatic heterocycles. The van der Waals surface area contributed by atoms with Gasteiger partial charge in [0.25, 0.3) is 5.91 Å². The minimum absolute atomic E-state index is 0.103. The molecule has 64 heavy (non-hydrogen) atoms. The smallest absolute Gasteiger partial charge is 0.410 e. The normalized spacial score (nSPS) is 17.9. The summed E-state index contributed by atoms with van der Waals surface area (Å²) in [5.74, 6) is 0.771. The van der Waals surface area contributed by atoms with Crippen LogP contribution in [0.3, 0.4) is 0 Å². The van der Waals surface area contributed by atoms with Gasteiger partial charge in [0, 0.05) is 63.8 Å². The van der Waals surface area contributed by atoms with Crippen LogP contribution >= 0.6 is 0 Å². The number of benzene rings is 2. The third-order valence-corrected chi connectivity index (χ3v) is 12.9. The minimum atomic E-state index is -1.30. The summed E-state index contributed by atoms with van der Waals surface area (Å²) in [5, 5.41) is 3.25. The number of fused-ring (bicyclic) bond motifs is 2. The van der Waals surface area contributed by atoms with E-state index in [4.69, 9.17) is 29.4 Å². The molecule has 1 aliphatic heterocycles. The standard InChI is InChI=1S/C50H66N8O6/c1-47(2,3)34(24-41(59)49(7,25-29-13-14-29)63-45(61)57(9)10)43-54-36-20-18-32(22-37(36)55-43)40-28-51-39(27-52-40)31-17-19-35-33(21-31)23-38(53-35)42(48(4,5)6)56-44(60)50(8,26-30-15-16-30)64-46(62)58(11)12/h17-22,27-30,34,42H,13-16,23-26H2,1-12H3,(H,54,55)(H,56,60)/t34-,42-,49-,50-/m1/s1. The Bertz CT molecular complexity index is 2450. The van der Waals surface area contributed by atoms with Gasteiger partial charge in [0.2, 0.25) is 0 Å². The molecule has 2 aliphatic carbocycles. The van der Waals surface area contributed by atoms with Crippen LogP contribution in [0.5, 0.6) is 0 Å². The van der Waals surface area contributed by atoms with Crippen LogP contribution in [0.15, 0.2) is 53.8 Å². The van der Waals surface area contributed by atoms with E-state index in [1.54, 1.807) is 54.4 Å². The van der Waals surface area contributed by atoms with Crippen molar-refractivity contribution in [2.75, 3.05) is 28.2 Å². The minimum Gasteiger partial charge on any atom is -0.435 e. The number of ketones is 1. The molecule has 0 unspecified atom stereocenters. The second-order valence-electron chi connectivity index (χ2n) is 21.4. The van der Waals surface area contributed by atoms with Crippen molar-refractivity contribution in [1.82, 2.24) is 35.1 Å². The quantitative estimate of drug-likeness (QED) is 0.118. The third kappa shape index (κ3) is 10.5. The van der Waals surface area contributed by atoms with Crippen LogP contribution in [0.1, 0.15) is 118 Å². The number of nitrogens with one attached hydrogen (secondary N) is 2. The average Bonchev–Trinajstić information content (AvgIpc) is 4.13. The van der Waals surface area contributed by atoms with Crippen molar-refractivity contribution in [1.29, 1.82) is 0 Å². The van der Waals surface area contributed by atoms with Crippen molar-refractivity contribution in [3.63, 3.8) is 0 Å². The molecular weight excluding hydrogens is 809 g/mol. The molecule has 342 valence electrons. The van der Waals surface area contributed by atoms with Crippen molar-refractivity contribution in [3.8, 4) is 22.5 Å². The SMILES string of the molecule is CN(C)C(=O)O[C@](C)(CC1CC1)C(=O)C[C@H](c1nc2ccc(-c3cnc(-c4ccc5c(c4)CC([C@@H](NC(=O)[C@@](C)(CC4CC4)OC(=O)N(C)C)C(C)(C)C)=N5)cn3)cc2[nH]1)C(C)(C)C. The van der Waals surface area contributed by atoms with E-state index in [-0.39, 0.29) is 34.9 Å². The van der Waals surface area contributed by atoms with Gasteiger partial charge in [-0.25, -0.2) is 14.6 Å². The molecule has 3 amide bonds. The molecule has 4 aromatic rings. The summed E-state index contributed by atoms with van der Waals surface area (Å²) >= 11 is 0. The van der Waals surface area contributed by atoms with Crippen molar-refractivity contribution in [2.24, 2.45) is 27.7 Å². The lowest BCUT2D eigenvalue weighted by atomic mass is 9.75. The number of amides is 3. The maximum absolute atomic E-state index is 14.1. The van der Waals surface area contributed by atoms with Gasteiger partial charge in [-0.1, -0.05) is 79.4 Å². The van der Waals surface area contributed by atoms with Crippen LogP contribution < -0.4 is 5.32 Å². The number of rotatable bonds is 15. The lowest BCUT2D eigenvalue weighted by molar-refractivity contribution is -0.141. The van der Waals surface area contributed by atoms with Crippen molar-refractivity contribution >= 4 is 46.3 Å². The second kappa shape index (κ2) is 17.4. The predicted octanol–water partition coefficient (Wildman–Crippen LogP) is 9.45. The van der Waals surface area contributed by atoms with Crippen molar-refractivity contribution in [2.45, 2.75) is 130 Å². The number of aromatic nitrogens is 4. The summed E-state index contributed by atoms with van der Waals surface area (Å²) in [4.78, 5) is 79.3. The first-order valence-corrected chi connectivity index (χ1v) is 22.6. The summed E-state index contributed by atoms with van der Waals surface area (Å²) in [6, 6.07) is 11.6. The van der Waals surface area contributed by atoms with Gasteiger partial charge in [0.1, 0.15) is 5.82 Å². The van der Waals surface area contributed by atoms with E-state index in [9.17, 15) is 19.2 Å². The summed E-state index contributed by atoms with van der Waals surface area (Å²) in [6.07, 6.45) is 8.32. The van der Waals surface area contributed by atoms with Crippen LogP contribution in [0, 0.1) is 22.7 Å². The Hall–Kier alpha value is -5.66. The molecule has 2 aromatic carbocycles. The fourth-order valence-corrected chi connectivity index (χ4v) is 8.54. The Kier molecular flexibility index (Phi) is 12.6. The highest BCUT2D eigenvalue weighted by Gasteiger charge is 2.47. The number of aromatic amines is 1. The molecule has 3 aliphatic rings. The highest BCUT2D eigenvalue weighted by atomic mass is 16.6. The van der Waals surface area contributed by atoms with Crippen LogP contribution in [0.2, 0.25) is 0 Å². The first kappa shape index (κ1) is 46.3. The molecule has 14 heteroatoms. The van der Waals surface area contributed by atoms with Gasteiger partial charge in [-0.3, -0.25) is 24.5 Å². The number of hydrogen-bond acceptors (Lipinski definition) is 10. The van der Waals surface area contributed by atoms with Gasteiger partial charge < -0.3 is 29.6 Å². The maximum atomic E-state index is 14.1. The van der Waals surface area contributed by atoms with Crippen LogP contribution in [-0.4, -0.2) is 105 Å². The molecule has 0 saturated heterocycles. The maximum Gasteiger partial charge on any atom is 0.410 e. The third-order valence-electron chi connectivity index (χ3n) is 12.9. The van der Waals surface area contributed by atoms with Crippen LogP contribution in [0.4, 0.5) is 15.3 Å². The van der Waals surface area contributed by atoms with E-state index in [0.29, 0.717) is 48.3 Å². The van der Waals surface area contributed by atoms with Gasteiger partial charge >= 0.3 is 12.2 Å².